The molecule has 1 aliphatic heterocycles. The smallest absolute Gasteiger partial charge is 1.00 e. The largest absolute Gasteiger partial charge is 2.00 e. The van der Waals surface area contributed by atoms with Crippen LogP contribution in [0.5, 0.6) is 0 Å². The summed E-state index contributed by atoms with van der Waals surface area (Å²) in [6.07, 6.45) is 15.9. The number of hydrogen-bond acceptors (Lipinski definition) is 13. The molecule has 1 saturated heterocycles. The number of hydrogen-bond donors (Lipinski definition) is 6. The second kappa shape index (κ2) is 53.9. The number of carbonyl (C=O) groups excluding carboxylic acids is 2. The third kappa shape index (κ3) is 31.1. The third-order valence-corrected chi connectivity index (χ3v) is 24.2. The third-order valence-electron chi connectivity index (χ3n) is 20.5. The molecule has 12 rings (SSSR count). The fraction of sp³-hybridized carbons (Fsp3) is 0.562. The Morgan fingerprint density at radius 1 is 0.526 bits per heavy atom. The maximum Gasteiger partial charge on any atom is 2.00 e. The van der Waals surface area contributed by atoms with E-state index in [0.717, 1.165) is 77.4 Å². The molecule has 1 heterocycles. The SMILES string of the molecule is C1CCOC1.CN(C)C[C@]1(F)CCCC[C@@]1(O)c1ccc(Cl)c(Cl)c1.CNC[C@]1(F)CCCC[C@@]1(O)c1ccc(Cl)c(Cl)c1.ClCCl.Clc1c[c-]ccc1Cl.N#CC1(F)CCCCC1=O.N#CC1CCCCC1=O.N#C[C@]1(F)CCCC[C@@]1(O)c1ccc(Cl)c(Cl)c1.NC[C@]1(F)CCCC[C@@]1(O)c1ccc(Cl)c(Cl)c1.[B].[Br-].[H-].[Mg+2].[Na+]. The van der Waals surface area contributed by atoms with Gasteiger partial charge >= 0.3 is 52.6 Å². The van der Waals surface area contributed by atoms with E-state index in [-0.39, 0.29) is 153 Å². The van der Waals surface area contributed by atoms with E-state index in [4.69, 9.17) is 165 Å². The average Bonchev–Trinajstić information content (AvgIpc) is 1.06. The molecule has 0 bridgehead atoms. The van der Waals surface area contributed by atoms with Gasteiger partial charge in [0.2, 0.25) is 5.67 Å². The quantitative estimate of drug-likeness (QED) is 0.0349. The monoisotopic (exact) mass is 1910 g/mol. The van der Waals surface area contributed by atoms with Crippen molar-refractivity contribution in [3.63, 3.8) is 0 Å². The average molecular weight is 1910 g/mol. The van der Waals surface area contributed by atoms with Gasteiger partial charge in [-0.25, -0.2) is 22.0 Å². The van der Waals surface area contributed by atoms with E-state index in [2.05, 4.69) is 11.4 Å². The van der Waals surface area contributed by atoms with Crippen molar-refractivity contribution in [3.8, 4) is 18.2 Å². The summed E-state index contributed by atoms with van der Waals surface area (Å²) in [5.41, 5.74) is -8.71. The second-order valence-electron chi connectivity index (χ2n) is 28.3. The Bertz CT molecular complexity index is 3910. The Balaban J connectivity index is 0. The topological polar surface area (TPSA) is 237 Å². The van der Waals surface area contributed by atoms with Gasteiger partial charge in [-0.2, -0.15) is 51.7 Å². The summed E-state index contributed by atoms with van der Waals surface area (Å²) >= 11 is 67.9. The van der Waals surface area contributed by atoms with Crippen LogP contribution < -0.4 is 57.6 Å². The molecule has 2 unspecified atom stereocenters. The molecule has 0 aromatic heterocycles. The van der Waals surface area contributed by atoms with Gasteiger partial charge in [0.25, 0.3) is 5.67 Å². The van der Waals surface area contributed by atoms with Gasteiger partial charge in [0.05, 0.1) is 51.6 Å². The van der Waals surface area contributed by atoms with Crippen molar-refractivity contribution in [2.75, 3.05) is 59.3 Å². The van der Waals surface area contributed by atoms with Gasteiger partial charge in [0, 0.05) is 60.5 Å². The number of aliphatic hydroxyl groups is 4. The fourth-order valence-electron chi connectivity index (χ4n) is 14.2. The molecule has 5 aromatic rings. The van der Waals surface area contributed by atoms with Crippen molar-refractivity contribution in [3.05, 3.63) is 170 Å². The molecule has 10 atom stereocenters. The van der Waals surface area contributed by atoms with Crippen molar-refractivity contribution in [2.24, 2.45) is 11.7 Å². The first-order valence-electron chi connectivity index (χ1n) is 36.3. The molecule has 34 heteroatoms. The van der Waals surface area contributed by atoms with Gasteiger partial charge in [-0.3, -0.25) is 9.59 Å². The van der Waals surface area contributed by atoms with E-state index in [1.165, 1.54) is 43.2 Å². The van der Waals surface area contributed by atoms with E-state index in [0.29, 0.717) is 125 Å². The minimum atomic E-state index is -2.28. The van der Waals surface area contributed by atoms with Crippen LogP contribution in [0.2, 0.25) is 50.2 Å². The first kappa shape index (κ1) is 113. The van der Waals surface area contributed by atoms with Crippen LogP contribution in [0.1, 0.15) is 191 Å². The van der Waals surface area contributed by atoms with Crippen molar-refractivity contribution < 1.29 is 105 Å². The van der Waals surface area contributed by atoms with Crippen LogP contribution >= 0.6 is 139 Å². The number of ketones is 2. The summed E-state index contributed by atoms with van der Waals surface area (Å²) in [6.45, 7) is 2.09. The molecule has 7 aliphatic rings. The molecule has 7 fully saturated rings. The Hall–Kier alpha value is -0.969. The van der Waals surface area contributed by atoms with Crippen LogP contribution in [-0.4, -0.2) is 156 Å². The number of ether oxygens (including phenoxy) is 1. The van der Waals surface area contributed by atoms with E-state index in [1.807, 2.05) is 20.2 Å². The zero-order chi connectivity index (χ0) is 82.4. The zero-order valence-electron chi connectivity index (χ0n) is 65.3. The van der Waals surface area contributed by atoms with Crippen LogP contribution in [0.15, 0.2) is 91.0 Å². The molecule has 0 spiro atoms. The van der Waals surface area contributed by atoms with Crippen molar-refractivity contribution in [1.29, 1.82) is 15.8 Å². The summed E-state index contributed by atoms with van der Waals surface area (Å²) in [5.74, 6) is -0.677. The van der Waals surface area contributed by atoms with Crippen molar-refractivity contribution in [2.45, 2.75) is 218 Å². The molecule has 0 amide bonds. The van der Waals surface area contributed by atoms with Gasteiger partial charge < -0.3 is 59.5 Å². The first-order chi connectivity index (χ1) is 51.8. The molecule has 7 N–H and O–H groups in total. The first-order valence-corrected chi connectivity index (χ1v) is 41.1. The summed E-state index contributed by atoms with van der Waals surface area (Å²) in [7, 11) is 5.31. The number of carbonyl (C=O) groups is 2. The summed E-state index contributed by atoms with van der Waals surface area (Å²) in [4.78, 5) is 23.3. The minimum absolute atomic E-state index is 0. The standard InChI is InChI=1S/C15H20Cl2FNO.C14H18Cl2FNO.C13H16Cl2FNO.C13H12Cl2FNO.C7H8FNO.C7H9NO.C6H3Cl2.C4H8O.CH2Cl2.B.BrH.Mg.Na.H/c1-19(2)10-14(18)7-3-4-8-15(14,20)11-5-6-12(16)13(17)9-11;1-18-9-13(17)6-2-3-7-14(13,19)10-4-5-11(15)12(16)8-10;2*14-10-4-3-9(7-11(10)15)13(18)6-2-1-5-12(13,16)8-17;8-7(5-9)4-2-1-3-6(7)10;8-5-6-3-1-2-4-7(6)9;7-5-3-1-2-4-6(5)8;1-2-4-5-3-1;2-1-3;;;;;/h5-6,9,20H,3-4,7-8,10H2,1-2H3;4-5,8,18-19H,2-3,6-7,9H2,1H3;3-4,7,18H,1-2,5-6,8,17H2;3-4,7,18H,1-2,5-6H2;1-4H2;6H,1-4H2;1,3-4H;1-4H2;1H2;;1H;;;/q;;;;;;-1;;;;;+2;+1;-1/p-1/t14-,15-;13-,14-;2*12-,13-;;;;;;;;;;/m1111........../s1. The number of rotatable bonds is 9. The van der Waals surface area contributed by atoms with Gasteiger partial charge in [-0.05, 0) is 233 Å². The Labute approximate surface area is 781 Å². The Kier molecular flexibility index (Phi) is 53.5. The van der Waals surface area contributed by atoms with Crippen molar-refractivity contribution >= 4 is 182 Å². The number of nitriles is 3. The van der Waals surface area contributed by atoms with Crippen LogP contribution in [0, 0.1) is 46.0 Å². The van der Waals surface area contributed by atoms with Gasteiger partial charge in [0.1, 0.15) is 46.2 Å². The fourth-order valence-corrected chi connectivity index (χ4v) is 15.6. The molecule has 6 saturated carbocycles. The maximum atomic E-state index is 15.4. The Morgan fingerprint density at radius 3 is 1.22 bits per heavy atom. The number of nitrogens with zero attached hydrogens (tertiary/aromatic N) is 4. The summed E-state index contributed by atoms with van der Waals surface area (Å²) < 4.78 is 77.9. The summed E-state index contributed by atoms with van der Waals surface area (Å²) in [5, 5.41) is 75.8. The van der Waals surface area contributed by atoms with Gasteiger partial charge in [-0.1, -0.05) is 134 Å². The molecular formula is C80H97BBrCl12F5MgN6NaO7. The summed E-state index contributed by atoms with van der Waals surface area (Å²) in [6, 6.07) is 31.7. The molecule has 6 aliphatic carbocycles. The number of nitrogens with one attached hydrogen (secondary N) is 1. The number of benzene rings is 5. The molecule has 3 radical (unpaired) electrons. The molecular weight excluding hydrogens is 1820 g/mol. The molecule has 5 aromatic carbocycles. The van der Waals surface area contributed by atoms with Crippen LogP contribution in [0.25, 0.3) is 0 Å². The number of nitrogens with two attached hydrogens (primary N) is 1. The number of halogens is 18. The number of alkyl halides is 7. The van der Waals surface area contributed by atoms with Crippen LogP contribution in [0.3, 0.4) is 0 Å². The van der Waals surface area contributed by atoms with Gasteiger partial charge in [-0.15, -0.1) is 34.8 Å². The minimum Gasteiger partial charge on any atom is -1.00 e. The molecule has 13 nitrogen and oxygen atoms in total. The zero-order valence-corrected chi connectivity index (χ0v) is 78.4. The van der Waals surface area contributed by atoms with E-state index < -0.39 is 56.5 Å². The Morgan fingerprint density at radius 2 is 0.895 bits per heavy atom. The maximum absolute atomic E-state index is 15.4. The van der Waals surface area contributed by atoms with E-state index in [9.17, 15) is 43.2 Å². The van der Waals surface area contributed by atoms with Crippen LogP contribution in [-0.2, 0) is 36.7 Å². The normalized spacial score (nSPS) is 27.8. The number of Topliss-reactive ketones (excluding diaryl/α,β-unsaturated/α-hetero) is 2. The van der Waals surface area contributed by atoms with Crippen molar-refractivity contribution in [1.82, 2.24) is 10.2 Å². The predicted molar refractivity (Wildman–Crippen MR) is 448 cm³/mol. The predicted octanol–water partition coefficient (Wildman–Crippen LogP) is 16.1. The molecule has 621 valence electrons. The van der Waals surface area contributed by atoms with E-state index in [1.54, 1.807) is 84.7 Å². The second-order valence-corrected chi connectivity index (χ2v) is 33.1. The van der Waals surface area contributed by atoms with Crippen LogP contribution in [0.4, 0.5) is 22.0 Å². The molecule has 114 heavy (non-hydrogen) atoms. The van der Waals surface area contributed by atoms with E-state index >= 15 is 8.78 Å². The van der Waals surface area contributed by atoms with Gasteiger partial charge in [0.15, 0.2) is 22.8 Å².